The summed E-state index contributed by atoms with van der Waals surface area (Å²) < 4.78 is 11.1. The van der Waals surface area contributed by atoms with Crippen molar-refractivity contribution in [1.29, 1.82) is 0 Å². The highest BCUT2D eigenvalue weighted by atomic mass is 16.6. The lowest BCUT2D eigenvalue weighted by molar-refractivity contribution is 0.101. The Kier molecular flexibility index (Phi) is 7.63. The highest BCUT2D eigenvalue weighted by Crippen LogP contribution is 2.31. The number of pyridine rings is 1. The van der Waals surface area contributed by atoms with Gasteiger partial charge < -0.3 is 35.8 Å². The predicted octanol–water partition coefficient (Wildman–Crippen LogP) is 4.50. The van der Waals surface area contributed by atoms with Gasteiger partial charge in [-0.2, -0.15) is 0 Å². The van der Waals surface area contributed by atoms with Crippen molar-refractivity contribution in [1.82, 2.24) is 10.3 Å². The lowest BCUT2D eigenvalue weighted by Crippen LogP contribution is -2.27. The predicted molar refractivity (Wildman–Crippen MR) is 151 cm³/mol. The maximum Gasteiger partial charge on any atom is 0.404 e. The first-order valence-corrected chi connectivity index (χ1v) is 12.6. The fourth-order valence-electron chi connectivity index (χ4n) is 4.14. The number of carbonyl (C=O) groups excluding carboxylic acids is 2. The van der Waals surface area contributed by atoms with Crippen molar-refractivity contribution in [2.45, 2.75) is 6.92 Å². The summed E-state index contributed by atoms with van der Waals surface area (Å²) in [4.78, 5) is 41.0. The summed E-state index contributed by atoms with van der Waals surface area (Å²) in [6.45, 7) is 3.41. The van der Waals surface area contributed by atoms with E-state index in [2.05, 4.69) is 26.3 Å². The monoisotopic (exact) mass is 541 g/mol. The second-order valence-electron chi connectivity index (χ2n) is 9.06. The zero-order valence-corrected chi connectivity index (χ0v) is 21.6. The number of nitrogens with zero attached hydrogens (tertiary/aromatic N) is 1. The molecule has 11 nitrogen and oxygen atoms in total. The van der Waals surface area contributed by atoms with Gasteiger partial charge in [-0.1, -0.05) is 6.07 Å². The molecule has 0 aliphatic carbocycles. The van der Waals surface area contributed by atoms with Crippen LogP contribution in [0.25, 0.3) is 10.9 Å². The average molecular weight is 542 g/mol. The van der Waals surface area contributed by atoms with E-state index in [1.165, 1.54) is 0 Å². The summed E-state index contributed by atoms with van der Waals surface area (Å²) in [7, 11) is 0. The fourth-order valence-corrected chi connectivity index (χ4v) is 4.14. The molecule has 0 fully saturated rings. The van der Waals surface area contributed by atoms with E-state index >= 15 is 0 Å². The van der Waals surface area contributed by atoms with Crippen LogP contribution in [0.15, 0.2) is 66.7 Å². The molecule has 0 atom stereocenters. The fraction of sp³-hybridized carbons (Fsp3) is 0.172. The van der Waals surface area contributed by atoms with Crippen LogP contribution in [0.4, 0.5) is 22.0 Å². The SMILES string of the molecule is Cc1ccc(NC(=O)c2ccc3c(c2)OCCO3)cc1NC(=O)c1ccc2nc(NCCNC(=O)O)ccc2c1. The van der Waals surface area contributed by atoms with E-state index < -0.39 is 6.09 Å². The Morgan fingerprint density at radius 1 is 0.825 bits per heavy atom. The first-order chi connectivity index (χ1) is 19.4. The second-order valence-corrected chi connectivity index (χ2v) is 9.06. The summed E-state index contributed by atoms with van der Waals surface area (Å²) in [5.41, 5.74) is 3.50. The lowest BCUT2D eigenvalue weighted by atomic mass is 10.1. The van der Waals surface area contributed by atoms with Crippen molar-refractivity contribution in [3.05, 3.63) is 83.4 Å². The van der Waals surface area contributed by atoms with Crippen molar-refractivity contribution in [3.63, 3.8) is 0 Å². The summed E-state index contributed by atoms with van der Waals surface area (Å²) >= 11 is 0. The van der Waals surface area contributed by atoms with Gasteiger partial charge in [-0.3, -0.25) is 9.59 Å². The van der Waals surface area contributed by atoms with Crippen molar-refractivity contribution in [2.75, 3.05) is 42.3 Å². The lowest BCUT2D eigenvalue weighted by Gasteiger charge is -2.18. The highest BCUT2D eigenvalue weighted by Gasteiger charge is 2.16. The molecule has 0 unspecified atom stereocenters. The quantitative estimate of drug-likeness (QED) is 0.205. The molecule has 4 aromatic rings. The van der Waals surface area contributed by atoms with Crippen LogP contribution in [0.1, 0.15) is 26.3 Å². The van der Waals surface area contributed by atoms with Gasteiger partial charge in [-0.15, -0.1) is 0 Å². The number of hydrogen-bond donors (Lipinski definition) is 5. The summed E-state index contributed by atoms with van der Waals surface area (Å²) in [5.74, 6) is 1.12. The molecule has 40 heavy (non-hydrogen) atoms. The first-order valence-electron chi connectivity index (χ1n) is 12.6. The van der Waals surface area contributed by atoms with Crippen LogP contribution < -0.4 is 30.7 Å². The third-order valence-electron chi connectivity index (χ3n) is 6.21. The van der Waals surface area contributed by atoms with Crippen molar-refractivity contribution < 1.29 is 29.0 Å². The van der Waals surface area contributed by atoms with E-state index in [9.17, 15) is 14.4 Å². The third kappa shape index (κ3) is 6.21. The minimum atomic E-state index is -1.08. The molecule has 5 N–H and O–H groups in total. The Labute approximate surface area is 229 Å². The molecule has 2 heterocycles. The van der Waals surface area contributed by atoms with Gasteiger partial charge >= 0.3 is 6.09 Å². The van der Waals surface area contributed by atoms with Crippen LogP contribution in [-0.2, 0) is 0 Å². The number of carboxylic acid groups (broad SMARTS) is 1. The van der Waals surface area contributed by atoms with E-state index in [1.54, 1.807) is 54.6 Å². The maximum absolute atomic E-state index is 13.1. The standard InChI is InChI=1S/C29H27N5O6/c1-17-2-6-21(32-27(35)20-4-8-24-25(15-20)40-13-12-39-24)16-23(17)34-28(36)19-3-7-22-18(14-19)5-9-26(33-22)30-10-11-31-29(37)38/h2-9,14-16,31H,10-13H2,1H3,(H,30,33)(H,32,35)(H,34,36)(H,37,38). The molecule has 204 valence electrons. The minimum Gasteiger partial charge on any atom is -0.486 e. The number of hydrogen-bond acceptors (Lipinski definition) is 7. The first kappa shape index (κ1) is 26.3. The van der Waals surface area contributed by atoms with Gasteiger partial charge in [-0.25, -0.2) is 9.78 Å². The van der Waals surface area contributed by atoms with E-state index in [4.69, 9.17) is 14.6 Å². The number of carbonyl (C=O) groups is 3. The molecule has 0 bridgehead atoms. The molecule has 5 rings (SSSR count). The van der Waals surface area contributed by atoms with E-state index in [-0.39, 0.29) is 18.4 Å². The van der Waals surface area contributed by atoms with Crippen molar-refractivity contribution in [3.8, 4) is 11.5 Å². The zero-order chi connectivity index (χ0) is 28.1. The molecular formula is C29H27N5O6. The molecule has 0 saturated heterocycles. The number of fused-ring (bicyclic) bond motifs is 2. The Balaban J connectivity index is 1.25. The van der Waals surface area contributed by atoms with Crippen LogP contribution in [0.5, 0.6) is 11.5 Å². The number of aryl methyl sites for hydroxylation is 1. The maximum atomic E-state index is 13.1. The normalized spacial score (nSPS) is 11.9. The third-order valence-corrected chi connectivity index (χ3v) is 6.21. The van der Waals surface area contributed by atoms with Crippen LogP contribution in [0, 0.1) is 6.92 Å². The Morgan fingerprint density at radius 2 is 1.57 bits per heavy atom. The molecule has 1 aromatic heterocycles. The van der Waals surface area contributed by atoms with Gasteiger partial charge in [0.05, 0.1) is 5.52 Å². The number of anilines is 3. The zero-order valence-electron chi connectivity index (χ0n) is 21.6. The molecule has 3 amide bonds. The van der Waals surface area contributed by atoms with E-state index in [0.717, 1.165) is 10.9 Å². The molecule has 11 heteroatoms. The number of aromatic nitrogens is 1. The van der Waals surface area contributed by atoms with Gasteiger partial charge in [0.25, 0.3) is 11.8 Å². The largest absolute Gasteiger partial charge is 0.486 e. The molecule has 1 aliphatic rings. The van der Waals surface area contributed by atoms with Gasteiger partial charge in [0.2, 0.25) is 0 Å². The van der Waals surface area contributed by atoms with Crippen LogP contribution in [0.3, 0.4) is 0 Å². The van der Waals surface area contributed by atoms with Crippen LogP contribution >= 0.6 is 0 Å². The van der Waals surface area contributed by atoms with Gasteiger partial charge in [0.1, 0.15) is 19.0 Å². The summed E-state index contributed by atoms with van der Waals surface area (Å²) in [6.07, 6.45) is -1.08. The number of benzene rings is 3. The molecule has 0 spiro atoms. The smallest absolute Gasteiger partial charge is 0.404 e. The molecule has 1 aliphatic heterocycles. The molecule has 0 radical (unpaired) electrons. The van der Waals surface area contributed by atoms with Crippen molar-refractivity contribution >= 4 is 46.0 Å². The summed E-state index contributed by atoms with van der Waals surface area (Å²) in [5, 5.41) is 20.5. The number of rotatable bonds is 8. The van der Waals surface area contributed by atoms with Gasteiger partial charge in [0.15, 0.2) is 11.5 Å². The van der Waals surface area contributed by atoms with E-state index in [1.807, 2.05) is 19.1 Å². The van der Waals surface area contributed by atoms with Gasteiger partial charge in [-0.05, 0) is 73.2 Å². The van der Waals surface area contributed by atoms with Crippen LogP contribution in [0.2, 0.25) is 0 Å². The Hall–Kier alpha value is -5.32. The Bertz CT molecular complexity index is 1610. The van der Waals surface area contributed by atoms with Crippen molar-refractivity contribution in [2.24, 2.45) is 0 Å². The number of ether oxygens (including phenoxy) is 2. The van der Waals surface area contributed by atoms with Crippen LogP contribution in [-0.4, -0.2) is 54.3 Å². The minimum absolute atomic E-state index is 0.247. The highest BCUT2D eigenvalue weighted by molar-refractivity contribution is 6.08. The number of nitrogens with one attached hydrogen (secondary N) is 4. The molecule has 0 saturated carbocycles. The summed E-state index contributed by atoms with van der Waals surface area (Å²) in [6, 6.07) is 19.1. The topological polar surface area (TPSA) is 151 Å². The van der Waals surface area contributed by atoms with Gasteiger partial charge in [0, 0.05) is 41.0 Å². The Morgan fingerprint density at radius 3 is 2.40 bits per heavy atom. The second kappa shape index (κ2) is 11.6. The molecule has 3 aromatic carbocycles. The average Bonchev–Trinajstić information content (AvgIpc) is 2.96. The molecular weight excluding hydrogens is 514 g/mol. The van der Waals surface area contributed by atoms with E-state index in [0.29, 0.717) is 65.1 Å². The number of amides is 3.